The second-order valence-corrected chi connectivity index (χ2v) is 11.6. The number of rotatable bonds is 7. The molecule has 5 aliphatic rings. The smallest absolute Gasteiger partial charge is 0.0269 e. The zero-order chi connectivity index (χ0) is 18.7. The zero-order valence-electron chi connectivity index (χ0n) is 18.7. The summed E-state index contributed by atoms with van der Waals surface area (Å²) in [5.74, 6) is 4.38. The second kappa shape index (κ2) is 8.79. The summed E-state index contributed by atoms with van der Waals surface area (Å²) >= 11 is 0. The molecule has 2 bridgehead atoms. The van der Waals surface area contributed by atoms with Gasteiger partial charge in [-0.25, -0.2) is 0 Å². The first-order chi connectivity index (χ1) is 13.2. The minimum Gasteiger partial charge on any atom is -0.0654 e. The van der Waals surface area contributed by atoms with Gasteiger partial charge in [-0.05, 0) is 98.7 Å². The summed E-state index contributed by atoms with van der Waals surface area (Å²) in [5.41, 5.74) is 1.61. The van der Waals surface area contributed by atoms with Gasteiger partial charge in [0.15, 0.2) is 0 Å². The maximum atomic E-state index is 2.38. The summed E-state index contributed by atoms with van der Waals surface area (Å²) < 4.78 is 0. The molecular formula is C27H48. The lowest BCUT2D eigenvalue weighted by molar-refractivity contribution is -0.0959. The van der Waals surface area contributed by atoms with Crippen LogP contribution < -0.4 is 0 Å². The maximum Gasteiger partial charge on any atom is -0.0269 e. The van der Waals surface area contributed by atoms with E-state index in [2.05, 4.69) is 13.8 Å². The van der Waals surface area contributed by atoms with E-state index in [4.69, 9.17) is 0 Å². The SMILES string of the molecule is CCCCC1CCC(C23CCC(C4CCC(CCC)CC4)(CC2)CC3)CC1. The molecule has 5 saturated carbocycles. The van der Waals surface area contributed by atoms with Crippen LogP contribution in [0.5, 0.6) is 0 Å². The highest BCUT2D eigenvalue weighted by Gasteiger charge is 2.54. The van der Waals surface area contributed by atoms with Crippen molar-refractivity contribution in [1.29, 1.82) is 0 Å². The van der Waals surface area contributed by atoms with Gasteiger partial charge in [0.1, 0.15) is 0 Å². The summed E-state index contributed by atoms with van der Waals surface area (Å²) in [6.45, 7) is 4.74. The molecule has 0 N–H and O–H groups in total. The van der Waals surface area contributed by atoms with Crippen molar-refractivity contribution in [1.82, 2.24) is 0 Å². The summed E-state index contributed by atoms with van der Waals surface area (Å²) in [4.78, 5) is 0. The standard InChI is InChI=1S/C27H48/c1-3-5-7-23-10-14-25(15-11-23)27-19-16-26(17-20-27,18-21-27)24-12-8-22(6-4-2)9-13-24/h22-25H,3-21H2,1-2H3. The second-order valence-electron chi connectivity index (χ2n) is 11.6. The van der Waals surface area contributed by atoms with E-state index in [1.807, 2.05) is 0 Å². The summed E-state index contributed by atoms with van der Waals surface area (Å²) in [5, 5.41) is 0. The molecule has 5 fully saturated rings. The van der Waals surface area contributed by atoms with E-state index < -0.39 is 0 Å². The predicted octanol–water partition coefficient (Wildman–Crippen LogP) is 8.93. The van der Waals surface area contributed by atoms with Crippen LogP contribution in [0.15, 0.2) is 0 Å². The third-order valence-corrected chi connectivity index (χ3v) is 10.5. The van der Waals surface area contributed by atoms with Crippen molar-refractivity contribution in [2.75, 3.05) is 0 Å². The average molecular weight is 373 g/mol. The first-order valence-electron chi connectivity index (χ1n) is 13.2. The molecule has 0 unspecified atom stereocenters. The summed E-state index contributed by atoms with van der Waals surface area (Å²) in [6, 6.07) is 0. The van der Waals surface area contributed by atoms with E-state index in [0.29, 0.717) is 0 Å². The molecule has 0 radical (unpaired) electrons. The van der Waals surface area contributed by atoms with Crippen molar-refractivity contribution >= 4 is 0 Å². The molecule has 0 amide bonds. The Balaban J connectivity index is 1.28. The van der Waals surface area contributed by atoms with Crippen molar-refractivity contribution in [2.24, 2.45) is 34.5 Å². The van der Waals surface area contributed by atoms with E-state index in [9.17, 15) is 0 Å². The Bertz CT molecular complexity index is 422. The first-order valence-corrected chi connectivity index (χ1v) is 13.2. The first kappa shape index (κ1) is 20.3. The van der Waals surface area contributed by atoms with Crippen LogP contribution >= 0.6 is 0 Å². The number of hydrogen-bond acceptors (Lipinski definition) is 0. The molecule has 5 rings (SSSR count). The van der Waals surface area contributed by atoms with E-state index in [-0.39, 0.29) is 0 Å². The Morgan fingerprint density at radius 1 is 0.519 bits per heavy atom. The quantitative estimate of drug-likeness (QED) is 0.418. The van der Waals surface area contributed by atoms with E-state index in [1.54, 1.807) is 89.9 Å². The third kappa shape index (κ3) is 4.16. The fraction of sp³-hybridized carbons (Fsp3) is 1.00. The van der Waals surface area contributed by atoms with Gasteiger partial charge in [0.2, 0.25) is 0 Å². The lowest BCUT2D eigenvalue weighted by Crippen LogP contribution is -2.49. The minimum absolute atomic E-state index is 0.802. The molecule has 156 valence electrons. The van der Waals surface area contributed by atoms with Crippen LogP contribution in [-0.4, -0.2) is 0 Å². The van der Waals surface area contributed by atoms with Crippen LogP contribution in [0.4, 0.5) is 0 Å². The van der Waals surface area contributed by atoms with Crippen molar-refractivity contribution in [3.05, 3.63) is 0 Å². The fourth-order valence-corrected chi connectivity index (χ4v) is 8.50. The molecule has 0 heterocycles. The van der Waals surface area contributed by atoms with E-state index in [0.717, 1.165) is 34.5 Å². The highest BCUT2D eigenvalue weighted by atomic mass is 14.6. The lowest BCUT2D eigenvalue weighted by Gasteiger charge is -2.60. The van der Waals surface area contributed by atoms with Crippen molar-refractivity contribution in [3.8, 4) is 0 Å². The molecule has 27 heavy (non-hydrogen) atoms. The van der Waals surface area contributed by atoms with Gasteiger partial charge in [0.05, 0.1) is 0 Å². The van der Waals surface area contributed by atoms with Crippen LogP contribution in [0.25, 0.3) is 0 Å². The van der Waals surface area contributed by atoms with Crippen molar-refractivity contribution in [3.63, 3.8) is 0 Å². The predicted molar refractivity (Wildman–Crippen MR) is 118 cm³/mol. The molecule has 0 heteroatoms. The topological polar surface area (TPSA) is 0 Å². The van der Waals surface area contributed by atoms with E-state index in [1.165, 1.54) is 32.1 Å². The number of fused-ring (bicyclic) bond motifs is 3. The number of unbranched alkanes of at least 4 members (excludes halogenated alkanes) is 1. The Labute approximate surface area is 170 Å². The maximum absolute atomic E-state index is 2.38. The Hall–Kier alpha value is 0. The van der Waals surface area contributed by atoms with Crippen molar-refractivity contribution < 1.29 is 0 Å². The molecule has 5 aliphatic carbocycles. The van der Waals surface area contributed by atoms with Gasteiger partial charge in [0, 0.05) is 0 Å². The van der Waals surface area contributed by atoms with Crippen LogP contribution in [0.1, 0.15) is 136 Å². The number of hydrogen-bond donors (Lipinski definition) is 0. The molecule has 0 atom stereocenters. The van der Waals surface area contributed by atoms with Gasteiger partial charge < -0.3 is 0 Å². The van der Waals surface area contributed by atoms with Crippen LogP contribution in [0, 0.1) is 34.5 Å². The van der Waals surface area contributed by atoms with Gasteiger partial charge in [-0.3, -0.25) is 0 Å². The molecular weight excluding hydrogens is 324 g/mol. The summed E-state index contributed by atoms with van der Waals surface area (Å²) in [7, 11) is 0. The molecule has 0 aromatic carbocycles. The molecule has 0 spiro atoms. The van der Waals surface area contributed by atoms with Gasteiger partial charge in [-0.2, -0.15) is 0 Å². The molecule has 0 aromatic rings. The Morgan fingerprint density at radius 2 is 0.926 bits per heavy atom. The highest BCUT2D eigenvalue weighted by molar-refractivity contribution is 5.05. The molecule has 0 nitrogen and oxygen atoms in total. The minimum atomic E-state index is 0.802. The largest absolute Gasteiger partial charge is 0.0654 e. The molecule has 0 aliphatic heterocycles. The zero-order valence-corrected chi connectivity index (χ0v) is 18.7. The van der Waals surface area contributed by atoms with Crippen LogP contribution in [-0.2, 0) is 0 Å². The fourth-order valence-electron chi connectivity index (χ4n) is 8.50. The van der Waals surface area contributed by atoms with Gasteiger partial charge in [0.25, 0.3) is 0 Å². The van der Waals surface area contributed by atoms with Gasteiger partial charge >= 0.3 is 0 Å². The molecule has 0 aromatic heterocycles. The van der Waals surface area contributed by atoms with Crippen molar-refractivity contribution in [2.45, 2.75) is 136 Å². The van der Waals surface area contributed by atoms with Crippen LogP contribution in [0.2, 0.25) is 0 Å². The Morgan fingerprint density at radius 3 is 1.30 bits per heavy atom. The van der Waals surface area contributed by atoms with Crippen LogP contribution in [0.3, 0.4) is 0 Å². The summed E-state index contributed by atoms with van der Waals surface area (Å²) in [6.07, 6.45) is 29.6. The van der Waals surface area contributed by atoms with Gasteiger partial charge in [-0.15, -0.1) is 0 Å². The average Bonchev–Trinajstić information content (AvgIpc) is 2.75. The lowest BCUT2D eigenvalue weighted by atomic mass is 9.45. The normalized spacial score (nSPS) is 45.1. The monoisotopic (exact) mass is 372 g/mol. The highest BCUT2D eigenvalue weighted by Crippen LogP contribution is 2.66. The van der Waals surface area contributed by atoms with Gasteiger partial charge in [-0.1, -0.05) is 71.6 Å². The Kier molecular flexibility index (Phi) is 6.60. The van der Waals surface area contributed by atoms with E-state index >= 15 is 0 Å². The molecule has 0 saturated heterocycles. The third-order valence-electron chi connectivity index (χ3n) is 10.5.